The Hall–Kier alpha value is -2.33. The van der Waals surface area contributed by atoms with Gasteiger partial charge in [-0.15, -0.1) is 0 Å². The topological polar surface area (TPSA) is 35.5 Å². The Kier molecular flexibility index (Phi) is 12.8. The second kappa shape index (κ2) is 15.5. The first-order valence-electron chi connectivity index (χ1n) is 13.2. The molecule has 0 radical (unpaired) electrons. The normalized spacial score (nSPS) is 12.4. The fourth-order valence-electron chi connectivity index (χ4n) is 4.10. The van der Waals surface area contributed by atoms with E-state index in [0.717, 1.165) is 18.7 Å². The number of carbonyl (C=O) groups excluding carboxylic acids is 1. The molecule has 34 heavy (non-hydrogen) atoms. The van der Waals surface area contributed by atoms with Crippen LogP contribution in [0.3, 0.4) is 0 Å². The van der Waals surface area contributed by atoms with E-state index >= 15 is 0 Å². The number of carbonyl (C=O) groups is 1. The predicted molar refractivity (Wildman–Crippen MR) is 141 cm³/mol. The van der Waals surface area contributed by atoms with Crippen LogP contribution in [0.4, 0.5) is 0 Å². The number of nitrogens with zero attached hydrogens (tertiary/aromatic N) is 1. The van der Waals surface area contributed by atoms with Crippen LogP contribution in [0.15, 0.2) is 54.6 Å². The Morgan fingerprint density at radius 3 is 2.24 bits per heavy atom. The molecule has 1 unspecified atom stereocenters. The molecule has 2 rings (SSSR count). The number of esters is 1. The SMILES string of the molecule is CCCCCCCCCc1cccc(OCCCOC(=O)C(C)[N+](C)(C)Cc2ccccc2)c1. The molecule has 0 heterocycles. The van der Waals surface area contributed by atoms with Crippen molar-refractivity contribution in [3.05, 3.63) is 65.7 Å². The van der Waals surface area contributed by atoms with Crippen LogP contribution in [0.1, 0.15) is 76.3 Å². The molecule has 0 aliphatic heterocycles. The average molecular weight is 469 g/mol. The van der Waals surface area contributed by atoms with E-state index in [2.05, 4.69) is 51.4 Å². The highest BCUT2D eigenvalue weighted by Gasteiger charge is 2.32. The third kappa shape index (κ3) is 10.7. The van der Waals surface area contributed by atoms with Crippen molar-refractivity contribution in [2.75, 3.05) is 27.3 Å². The molecule has 2 aromatic carbocycles. The van der Waals surface area contributed by atoms with Crippen LogP contribution in [-0.2, 0) is 22.5 Å². The van der Waals surface area contributed by atoms with Gasteiger partial charge in [-0.25, -0.2) is 4.79 Å². The number of likely N-dealkylation sites (N-methyl/N-ethyl adjacent to an activating group) is 1. The minimum atomic E-state index is -0.232. The molecule has 188 valence electrons. The molecule has 4 nitrogen and oxygen atoms in total. The van der Waals surface area contributed by atoms with E-state index < -0.39 is 0 Å². The first-order chi connectivity index (χ1) is 16.4. The van der Waals surface area contributed by atoms with Crippen LogP contribution < -0.4 is 4.74 Å². The van der Waals surface area contributed by atoms with Crippen molar-refractivity contribution in [1.29, 1.82) is 0 Å². The number of aryl methyl sites for hydroxylation is 1. The molecule has 0 N–H and O–H groups in total. The van der Waals surface area contributed by atoms with Gasteiger partial charge in [0.2, 0.25) is 0 Å². The van der Waals surface area contributed by atoms with Gasteiger partial charge in [-0.2, -0.15) is 0 Å². The molecule has 0 spiro atoms. The summed E-state index contributed by atoms with van der Waals surface area (Å²) in [6.07, 6.45) is 11.1. The molecule has 0 fully saturated rings. The lowest BCUT2D eigenvalue weighted by Crippen LogP contribution is -2.51. The van der Waals surface area contributed by atoms with Crippen LogP contribution in [0.2, 0.25) is 0 Å². The highest BCUT2D eigenvalue weighted by Crippen LogP contribution is 2.17. The van der Waals surface area contributed by atoms with Crippen molar-refractivity contribution in [1.82, 2.24) is 0 Å². The number of unbranched alkanes of at least 4 members (excludes halogenated alkanes) is 6. The monoisotopic (exact) mass is 468 g/mol. The second-order valence-corrected chi connectivity index (χ2v) is 9.99. The summed E-state index contributed by atoms with van der Waals surface area (Å²) in [5.41, 5.74) is 2.56. The number of hydrogen-bond donors (Lipinski definition) is 0. The number of ether oxygens (including phenoxy) is 2. The Morgan fingerprint density at radius 2 is 1.50 bits per heavy atom. The van der Waals surface area contributed by atoms with Gasteiger partial charge in [0.05, 0.1) is 27.3 Å². The van der Waals surface area contributed by atoms with Crippen LogP contribution >= 0.6 is 0 Å². The number of hydrogen-bond acceptors (Lipinski definition) is 3. The van der Waals surface area contributed by atoms with Crippen molar-refractivity contribution >= 4 is 5.97 Å². The molecule has 4 heteroatoms. The molecular weight excluding hydrogens is 422 g/mol. The largest absolute Gasteiger partial charge is 0.493 e. The van der Waals surface area contributed by atoms with E-state index in [0.29, 0.717) is 24.1 Å². The Morgan fingerprint density at radius 1 is 0.824 bits per heavy atom. The maximum atomic E-state index is 12.6. The van der Waals surface area contributed by atoms with Crippen LogP contribution in [0, 0.1) is 0 Å². The first kappa shape index (κ1) is 27.9. The third-order valence-electron chi connectivity index (χ3n) is 6.59. The summed E-state index contributed by atoms with van der Waals surface area (Å²) in [7, 11) is 4.14. The third-order valence-corrected chi connectivity index (χ3v) is 6.59. The molecule has 0 aliphatic rings. The van der Waals surface area contributed by atoms with Gasteiger partial charge in [-0.1, -0.05) is 87.9 Å². The number of quaternary nitrogens is 1. The van der Waals surface area contributed by atoms with Crippen LogP contribution in [-0.4, -0.2) is 43.8 Å². The van der Waals surface area contributed by atoms with Gasteiger partial charge in [0.25, 0.3) is 0 Å². The maximum Gasteiger partial charge on any atom is 0.364 e. The summed E-state index contributed by atoms with van der Waals surface area (Å²) < 4.78 is 12.0. The van der Waals surface area contributed by atoms with Crippen molar-refractivity contribution < 1.29 is 18.8 Å². The van der Waals surface area contributed by atoms with E-state index in [1.807, 2.05) is 31.2 Å². The van der Waals surface area contributed by atoms with Gasteiger partial charge in [0.15, 0.2) is 6.04 Å². The van der Waals surface area contributed by atoms with E-state index in [1.54, 1.807) is 0 Å². The summed E-state index contributed by atoms with van der Waals surface area (Å²) in [5.74, 6) is 0.749. The minimum absolute atomic E-state index is 0.155. The molecule has 0 bridgehead atoms. The zero-order valence-electron chi connectivity index (χ0n) is 21.9. The Balaban J connectivity index is 1.63. The molecule has 0 saturated carbocycles. The maximum absolute atomic E-state index is 12.6. The van der Waals surface area contributed by atoms with E-state index in [4.69, 9.17) is 9.47 Å². The summed E-state index contributed by atoms with van der Waals surface area (Å²) in [5, 5.41) is 0. The predicted octanol–water partition coefficient (Wildman–Crippen LogP) is 6.96. The van der Waals surface area contributed by atoms with Gasteiger partial charge in [0.1, 0.15) is 12.3 Å². The first-order valence-corrected chi connectivity index (χ1v) is 13.2. The summed E-state index contributed by atoms with van der Waals surface area (Å²) in [6.45, 7) is 5.92. The van der Waals surface area contributed by atoms with Gasteiger partial charge in [0, 0.05) is 12.0 Å². The zero-order chi connectivity index (χ0) is 24.7. The highest BCUT2D eigenvalue weighted by atomic mass is 16.5. The smallest absolute Gasteiger partial charge is 0.364 e. The van der Waals surface area contributed by atoms with Crippen molar-refractivity contribution in [3.8, 4) is 5.75 Å². The molecular formula is C30H46NO3+. The standard InChI is InChI=1S/C30H46NO3/c1-5-6-7-8-9-10-12-17-27-20-15-21-29(24-27)33-22-16-23-34-30(32)26(2)31(3,4)25-28-18-13-11-14-19-28/h11,13-15,18-21,24,26H,5-10,12,16-17,22-23,25H2,1-4H3/q+1. The molecule has 0 aliphatic carbocycles. The highest BCUT2D eigenvalue weighted by molar-refractivity contribution is 5.74. The second-order valence-electron chi connectivity index (χ2n) is 9.99. The average Bonchev–Trinajstić information content (AvgIpc) is 2.83. The summed E-state index contributed by atoms with van der Waals surface area (Å²) in [4.78, 5) is 12.6. The Bertz CT molecular complexity index is 819. The molecule has 0 amide bonds. The van der Waals surface area contributed by atoms with Gasteiger partial charge in [-0.3, -0.25) is 0 Å². The lowest BCUT2D eigenvalue weighted by molar-refractivity contribution is -0.917. The van der Waals surface area contributed by atoms with Crippen molar-refractivity contribution in [2.45, 2.75) is 84.2 Å². The summed E-state index contributed by atoms with van der Waals surface area (Å²) >= 11 is 0. The van der Waals surface area contributed by atoms with E-state index in [-0.39, 0.29) is 12.0 Å². The van der Waals surface area contributed by atoms with Gasteiger partial charge >= 0.3 is 5.97 Å². The lowest BCUT2D eigenvalue weighted by Gasteiger charge is -2.34. The van der Waals surface area contributed by atoms with Crippen molar-refractivity contribution in [2.24, 2.45) is 0 Å². The van der Waals surface area contributed by atoms with Gasteiger partial charge < -0.3 is 14.0 Å². The zero-order valence-corrected chi connectivity index (χ0v) is 21.9. The Labute approximate surface area is 207 Å². The van der Waals surface area contributed by atoms with Crippen LogP contribution in [0.5, 0.6) is 5.75 Å². The summed E-state index contributed by atoms with van der Waals surface area (Å²) in [6, 6.07) is 18.4. The number of benzene rings is 2. The fraction of sp³-hybridized carbons (Fsp3) is 0.567. The van der Waals surface area contributed by atoms with Crippen molar-refractivity contribution in [3.63, 3.8) is 0 Å². The molecule has 2 aromatic rings. The number of rotatable bonds is 17. The van der Waals surface area contributed by atoms with Gasteiger partial charge in [-0.05, 0) is 37.5 Å². The quantitative estimate of drug-likeness (QED) is 0.143. The van der Waals surface area contributed by atoms with E-state index in [9.17, 15) is 4.79 Å². The molecule has 0 aromatic heterocycles. The molecule has 0 saturated heterocycles. The fourth-order valence-corrected chi connectivity index (χ4v) is 4.10. The lowest BCUT2D eigenvalue weighted by atomic mass is 10.0. The van der Waals surface area contributed by atoms with Crippen LogP contribution in [0.25, 0.3) is 0 Å². The van der Waals surface area contributed by atoms with E-state index in [1.165, 1.54) is 56.1 Å². The molecule has 1 atom stereocenters. The minimum Gasteiger partial charge on any atom is -0.493 e.